The highest BCUT2D eigenvalue weighted by Gasteiger charge is 2.20. The van der Waals surface area contributed by atoms with Gasteiger partial charge in [-0.05, 0) is 65.1 Å². The lowest BCUT2D eigenvalue weighted by atomic mass is 9.96. The molecule has 0 radical (unpaired) electrons. The predicted molar refractivity (Wildman–Crippen MR) is 166 cm³/mol. The normalized spacial score (nSPS) is 12.6. The maximum Gasteiger partial charge on any atom is 0.325 e. The van der Waals surface area contributed by atoms with Gasteiger partial charge in [-0.1, -0.05) is 35.9 Å². The van der Waals surface area contributed by atoms with Crippen molar-refractivity contribution in [2.75, 3.05) is 26.9 Å². The summed E-state index contributed by atoms with van der Waals surface area (Å²) in [6.45, 7) is 3.17. The molecule has 2 N–H and O–H groups in total. The molecule has 11 heteroatoms. The maximum atomic E-state index is 12.0. The molecule has 45 heavy (non-hydrogen) atoms. The lowest BCUT2D eigenvalue weighted by Gasteiger charge is -2.20. The first-order valence-corrected chi connectivity index (χ1v) is 14.6. The summed E-state index contributed by atoms with van der Waals surface area (Å²) in [6.07, 6.45) is 1.54. The van der Waals surface area contributed by atoms with E-state index < -0.39 is 18.6 Å². The minimum atomic E-state index is -0.930. The number of fused-ring (bicyclic) bond motifs is 1. The van der Waals surface area contributed by atoms with Crippen molar-refractivity contribution in [1.82, 2.24) is 10.3 Å². The quantitative estimate of drug-likeness (QED) is 0.203. The van der Waals surface area contributed by atoms with Crippen LogP contribution in [-0.4, -0.2) is 49.0 Å². The first-order valence-electron chi connectivity index (χ1n) is 14.2. The number of nitrogens with zero attached hydrogens (tertiary/aromatic N) is 2. The molecule has 10 nitrogen and oxygen atoms in total. The number of halogens is 1. The van der Waals surface area contributed by atoms with Crippen LogP contribution in [0.25, 0.3) is 11.1 Å². The van der Waals surface area contributed by atoms with E-state index in [0.717, 1.165) is 39.3 Å². The third kappa shape index (κ3) is 7.64. The highest BCUT2D eigenvalue weighted by molar-refractivity contribution is 6.32. The minimum Gasteiger partial charge on any atom is -0.488 e. The molecule has 0 fully saturated rings. The van der Waals surface area contributed by atoms with E-state index in [4.69, 9.17) is 35.3 Å². The van der Waals surface area contributed by atoms with Crippen molar-refractivity contribution in [1.29, 1.82) is 5.26 Å². The molecule has 0 saturated heterocycles. The lowest BCUT2D eigenvalue weighted by Crippen LogP contribution is -2.40. The van der Waals surface area contributed by atoms with Gasteiger partial charge in [0.25, 0.3) is 0 Å². The first-order chi connectivity index (χ1) is 21.9. The molecule has 0 aliphatic carbocycles. The van der Waals surface area contributed by atoms with Gasteiger partial charge in [-0.15, -0.1) is 0 Å². The van der Waals surface area contributed by atoms with Crippen molar-refractivity contribution in [3.05, 3.63) is 99.8 Å². The van der Waals surface area contributed by atoms with Gasteiger partial charge in [-0.25, -0.2) is 4.98 Å². The van der Waals surface area contributed by atoms with Crippen molar-refractivity contribution >= 4 is 17.6 Å². The van der Waals surface area contributed by atoms with Gasteiger partial charge < -0.3 is 28.8 Å². The van der Waals surface area contributed by atoms with E-state index in [2.05, 4.69) is 16.4 Å². The van der Waals surface area contributed by atoms with Gasteiger partial charge in [0, 0.05) is 24.4 Å². The number of aliphatic hydroxyl groups is 1. The number of hydrogen-bond acceptors (Lipinski definition) is 10. The van der Waals surface area contributed by atoms with Crippen molar-refractivity contribution < 1.29 is 33.6 Å². The molecule has 0 amide bonds. The van der Waals surface area contributed by atoms with Gasteiger partial charge in [-0.2, -0.15) is 5.26 Å². The lowest BCUT2D eigenvalue weighted by molar-refractivity contribution is -0.144. The molecule has 1 atom stereocenters. The summed E-state index contributed by atoms with van der Waals surface area (Å²) in [5, 5.41) is 22.2. The smallest absolute Gasteiger partial charge is 0.325 e. The summed E-state index contributed by atoms with van der Waals surface area (Å²) in [4.78, 5) is 16.0. The zero-order valence-electron chi connectivity index (χ0n) is 24.8. The molecule has 1 aromatic heterocycles. The summed E-state index contributed by atoms with van der Waals surface area (Å²) in [5.74, 6) is 1.71. The molecule has 2 heterocycles. The number of carbonyl (C=O) groups excluding carboxylic acids is 1. The van der Waals surface area contributed by atoms with E-state index in [1.165, 1.54) is 7.11 Å². The average molecular weight is 630 g/mol. The molecule has 232 valence electrons. The number of rotatable bonds is 12. The van der Waals surface area contributed by atoms with Crippen molar-refractivity contribution in [3.8, 4) is 40.2 Å². The largest absolute Gasteiger partial charge is 0.488 e. The van der Waals surface area contributed by atoms with Gasteiger partial charge in [0.05, 0.1) is 18.7 Å². The van der Waals surface area contributed by atoms with E-state index in [0.29, 0.717) is 35.3 Å². The molecule has 3 aromatic carbocycles. The molecule has 1 aliphatic rings. The third-order valence-corrected chi connectivity index (χ3v) is 7.63. The number of nitriles is 1. The van der Waals surface area contributed by atoms with Gasteiger partial charge >= 0.3 is 5.97 Å². The fraction of sp³-hybridized carbons (Fsp3) is 0.265. The number of benzene rings is 3. The van der Waals surface area contributed by atoms with Gasteiger partial charge in [-0.3, -0.25) is 10.1 Å². The molecule has 1 aliphatic heterocycles. The molecule has 0 unspecified atom stereocenters. The van der Waals surface area contributed by atoms with E-state index in [1.807, 2.05) is 43.3 Å². The van der Waals surface area contributed by atoms with E-state index in [1.54, 1.807) is 30.5 Å². The van der Waals surface area contributed by atoms with Crippen LogP contribution in [0.1, 0.15) is 27.9 Å². The number of carbonyl (C=O) groups is 1. The van der Waals surface area contributed by atoms with Crippen LogP contribution in [0.3, 0.4) is 0 Å². The standard InChI is InChI=1S/C34H32ClN3O7/c1-21-24(4-3-5-27(21)23-6-7-30-33(14-23)43-11-10-42-30)20-45-32-15-31(44-19-22-8-9-37-26(12-22)16-36)25(13-28(32)35)17-38-29(18-39)34(40)41-2/h3-9,12-15,29,38-39H,10-11,17-20H2,1-2H3/t29-/m1/s1. The second kappa shape index (κ2) is 14.8. The zero-order valence-corrected chi connectivity index (χ0v) is 25.6. The fourth-order valence-corrected chi connectivity index (χ4v) is 5.10. The van der Waals surface area contributed by atoms with Crippen molar-refractivity contribution in [2.45, 2.75) is 32.7 Å². The third-order valence-electron chi connectivity index (χ3n) is 7.34. The molecule has 0 saturated carbocycles. The van der Waals surface area contributed by atoms with Gasteiger partial charge in [0.1, 0.15) is 55.7 Å². The first kappa shape index (κ1) is 31.6. The second-order valence-corrected chi connectivity index (χ2v) is 10.6. The molecule has 5 rings (SSSR count). The van der Waals surface area contributed by atoms with Crippen LogP contribution >= 0.6 is 11.6 Å². The van der Waals surface area contributed by atoms with E-state index in [-0.39, 0.29) is 25.5 Å². The summed E-state index contributed by atoms with van der Waals surface area (Å²) in [6, 6.07) is 19.8. The zero-order chi connectivity index (χ0) is 31.8. The van der Waals surface area contributed by atoms with Crippen LogP contribution in [0.15, 0.2) is 66.9 Å². The van der Waals surface area contributed by atoms with Crippen LogP contribution in [-0.2, 0) is 29.3 Å². The Morgan fingerprint density at radius 2 is 1.84 bits per heavy atom. The van der Waals surface area contributed by atoms with Crippen molar-refractivity contribution in [2.24, 2.45) is 0 Å². The number of aromatic nitrogens is 1. The fourth-order valence-electron chi connectivity index (χ4n) is 4.86. The Balaban J connectivity index is 1.37. The van der Waals surface area contributed by atoms with Crippen LogP contribution in [0.4, 0.5) is 0 Å². The number of aliphatic hydroxyl groups excluding tert-OH is 1. The van der Waals surface area contributed by atoms with E-state index >= 15 is 0 Å². The molecule has 0 bridgehead atoms. The highest BCUT2D eigenvalue weighted by atomic mass is 35.5. The minimum absolute atomic E-state index is 0.141. The topological polar surface area (TPSA) is 132 Å². The summed E-state index contributed by atoms with van der Waals surface area (Å²) >= 11 is 6.68. The van der Waals surface area contributed by atoms with Crippen LogP contribution in [0.2, 0.25) is 5.02 Å². The Hall–Kier alpha value is -4.82. The molecule has 0 spiro atoms. The monoisotopic (exact) mass is 629 g/mol. The van der Waals surface area contributed by atoms with Crippen LogP contribution in [0, 0.1) is 18.3 Å². The maximum absolute atomic E-state index is 12.0. The molecule has 4 aromatic rings. The predicted octanol–water partition coefficient (Wildman–Crippen LogP) is 5.13. The Morgan fingerprint density at radius 3 is 2.62 bits per heavy atom. The summed E-state index contributed by atoms with van der Waals surface area (Å²) < 4.78 is 28.6. The van der Waals surface area contributed by atoms with Crippen LogP contribution < -0.4 is 24.3 Å². The Labute approximate surface area is 266 Å². The van der Waals surface area contributed by atoms with Crippen molar-refractivity contribution in [3.63, 3.8) is 0 Å². The number of hydrogen-bond donors (Lipinski definition) is 2. The Kier molecular flexibility index (Phi) is 10.4. The number of nitrogens with one attached hydrogen (secondary N) is 1. The summed E-state index contributed by atoms with van der Waals surface area (Å²) in [7, 11) is 1.25. The second-order valence-electron chi connectivity index (χ2n) is 10.2. The number of methoxy groups -OCH3 is 1. The molecular formula is C34H32ClN3O7. The highest BCUT2D eigenvalue weighted by Crippen LogP contribution is 2.37. The van der Waals surface area contributed by atoms with Gasteiger partial charge in [0.15, 0.2) is 11.5 Å². The van der Waals surface area contributed by atoms with E-state index in [9.17, 15) is 15.2 Å². The number of pyridine rings is 1. The summed E-state index contributed by atoms with van der Waals surface area (Å²) in [5.41, 5.74) is 5.71. The Morgan fingerprint density at radius 1 is 1.04 bits per heavy atom. The number of ether oxygens (including phenoxy) is 5. The van der Waals surface area contributed by atoms with Crippen LogP contribution in [0.5, 0.6) is 23.0 Å². The Bertz CT molecular complexity index is 1720. The molecular weight excluding hydrogens is 598 g/mol. The number of esters is 1. The van der Waals surface area contributed by atoms with Gasteiger partial charge in [0.2, 0.25) is 0 Å². The average Bonchev–Trinajstić information content (AvgIpc) is 3.07. The SMILES string of the molecule is COC(=O)[C@@H](CO)NCc1cc(Cl)c(OCc2cccc(-c3ccc4c(c3)OCCO4)c2C)cc1OCc1ccnc(C#N)c1.